The number of nitrogens with one attached hydrogen (secondary N) is 2. The molecule has 0 fully saturated rings. The summed E-state index contributed by atoms with van der Waals surface area (Å²) in [5.74, 6) is 1.52. The van der Waals surface area contributed by atoms with Gasteiger partial charge in [0.05, 0.1) is 0 Å². The highest BCUT2D eigenvalue weighted by Gasteiger charge is 2.08. The van der Waals surface area contributed by atoms with Crippen LogP contribution in [0.1, 0.15) is 11.7 Å². The Morgan fingerprint density at radius 2 is 1.53 bits per heavy atom. The summed E-state index contributed by atoms with van der Waals surface area (Å²) in [7, 11) is 0. The number of furan rings is 1. The van der Waals surface area contributed by atoms with Crippen molar-refractivity contribution in [3.63, 3.8) is 0 Å². The summed E-state index contributed by atoms with van der Waals surface area (Å²) < 4.78 is 11.1. The summed E-state index contributed by atoms with van der Waals surface area (Å²) in [6, 6.07) is 25.9. The number of benzene rings is 3. The monoisotopic (exact) mass is 422 g/mol. The minimum Gasteiger partial charge on any atom is -0.457 e. The Labute approximate surface area is 183 Å². The molecule has 2 amide bonds. The Balaban J connectivity index is 1.23. The van der Waals surface area contributed by atoms with Crippen molar-refractivity contribution in [3.05, 3.63) is 96.6 Å². The van der Waals surface area contributed by atoms with Crippen LogP contribution >= 0.6 is 0 Å². The van der Waals surface area contributed by atoms with Crippen LogP contribution in [0, 0.1) is 0 Å². The summed E-state index contributed by atoms with van der Waals surface area (Å²) in [5.41, 5.74) is 2.96. The van der Waals surface area contributed by atoms with Crippen LogP contribution in [0.3, 0.4) is 0 Å². The van der Waals surface area contributed by atoms with Gasteiger partial charge in [-0.25, -0.2) is 4.79 Å². The van der Waals surface area contributed by atoms with E-state index in [0.29, 0.717) is 23.2 Å². The number of rotatable bonds is 5. The van der Waals surface area contributed by atoms with E-state index in [4.69, 9.17) is 8.94 Å². The van der Waals surface area contributed by atoms with Crippen molar-refractivity contribution in [2.75, 3.05) is 10.6 Å². The number of hydrogen-bond acceptors (Lipinski definition) is 5. The van der Waals surface area contributed by atoms with Crippen molar-refractivity contribution in [1.82, 2.24) is 10.1 Å². The summed E-state index contributed by atoms with van der Waals surface area (Å²) >= 11 is 0. The number of carbonyl (C=O) groups is 1. The first-order chi connectivity index (χ1) is 15.7. The molecule has 5 rings (SSSR count). The quantitative estimate of drug-likeness (QED) is 0.347. The molecule has 0 saturated heterocycles. The molecule has 2 heterocycles. The number of amides is 2. The molecule has 0 unspecified atom stereocenters. The maximum Gasteiger partial charge on any atom is 0.323 e. The minimum atomic E-state index is -0.318. The van der Waals surface area contributed by atoms with E-state index in [1.807, 2.05) is 72.8 Å². The second kappa shape index (κ2) is 8.61. The fourth-order valence-corrected chi connectivity index (χ4v) is 3.18. The zero-order valence-electron chi connectivity index (χ0n) is 16.9. The normalized spacial score (nSPS) is 11.1. The van der Waals surface area contributed by atoms with Gasteiger partial charge in [-0.15, -0.1) is 0 Å². The average Bonchev–Trinajstić information content (AvgIpc) is 3.45. The van der Waals surface area contributed by atoms with Crippen LogP contribution in [0.5, 0.6) is 0 Å². The number of urea groups is 1. The molecule has 0 spiro atoms. The van der Waals surface area contributed by atoms with Crippen molar-refractivity contribution in [3.8, 4) is 11.4 Å². The van der Waals surface area contributed by atoms with Crippen LogP contribution in [-0.4, -0.2) is 16.2 Å². The maximum absolute atomic E-state index is 12.1. The molecule has 0 aliphatic heterocycles. The molecule has 32 heavy (non-hydrogen) atoms. The number of aromatic nitrogens is 2. The molecule has 2 N–H and O–H groups in total. The summed E-state index contributed by atoms with van der Waals surface area (Å²) in [6.45, 7) is 0. The molecule has 3 aromatic carbocycles. The van der Waals surface area contributed by atoms with Gasteiger partial charge in [0.1, 0.15) is 11.3 Å². The van der Waals surface area contributed by atoms with E-state index in [0.717, 1.165) is 22.2 Å². The van der Waals surface area contributed by atoms with Gasteiger partial charge in [-0.05, 0) is 54.6 Å². The third-order valence-corrected chi connectivity index (χ3v) is 4.71. The van der Waals surface area contributed by atoms with Gasteiger partial charge in [0.15, 0.2) is 0 Å². The van der Waals surface area contributed by atoms with Crippen molar-refractivity contribution < 1.29 is 13.7 Å². The summed E-state index contributed by atoms with van der Waals surface area (Å²) in [5, 5.41) is 10.6. The molecule has 0 aliphatic rings. The van der Waals surface area contributed by atoms with Crippen LogP contribution in [-0.2, 0) is 0 Å². The van der Waals surface area contributed by atoms with E-state index in [9.17, 15) is 4.79 Å². The van der Waals surface area contributed by atoms with Gasteiger partial charge >= 0.3 is 6.03 Å². The summed E-state index contributed by atoms with van der Waals surface area (Å²) in [6.07, 6.45) is 3.49. The highest BCUT2D eigenvalue weighted by Crippen LogP contribution is 2.22. The van der Waals surface area contributed by atoms with Crippen LogP contribution in [0.2, 0.25) is 0 Å². The Bertz CT molecular complexity index is 1350. The third kappa shape index (κ3) is 4.41. The highest BCUT2D eigenvalue weighted by atomic mass is 16.5. The fraction of sp³-hybridized carbons (Fsp3) is 0. The lowest BCUT2D eigenvalue weighted by atomic mass is 10.2. The second-order valence-corrected chi connectivity index (χ2v) is 7.00. The minimum absolute atomic E-state index is 0.318. The number of carbonyl (C=O) groups excluding carboxylic acids is 1. The molecule has 5 aromatic rings. The average molecular weight is 422 g/mol. The molecule has 0 saturated carbocycles. The molecular formula is C25H18N4O3. The van der Waals surface area contributed by atoms with Crippen LogP contribution in [0.4, 0.5) is 16.2 Å². The van der Waals surface area contributed by atoms with Crippen molar-refractivity contribution in [2.24, 2.45) is 0 Å². The zero-order valence-corrected chi connectivity index (χ0v) is 16.9. The SMILES string of the molecule is O=C(Nc1ccccc1)Nc1ccc(-c2noc(/C=C/c3cc4ccccc4o3)n2)cc1. The highest BCUT2D eigenvalue weighted by molar-refractivity contribution is 5.99. The second-order valence-electron chi connectivity index (χ2n) is 7.00. The smallest absolute Gasteiger partial charge is 0.323 e. The van der Waals surface area contributed by atoms with E-state index in [1.165, 1.54) is 0 Å². The Morgan fingerprint density at radius 1 is 0.812 bits per heavy atom. The lowest BCUT2D eigenvalue weighted by molar-refractivity contribution is 0.262. The lowest BCUT2D eigenvalue weighted by Gasteiger charge is -2.07. The van der Waals surface area contributed by atoms with E-state index in [2.05, 4.69) is 20.8 Å². The number of nitrogens with zero attached hydrogens (tertiary/aromatic N) is 2. The number of anilines is 2. The molecule has 2 aromatic heterocycles. The van der Waals surface area contributed by atoms with E-state index >= 15 is 0 Å². The first-order valence-electron chi connectivity index (χ1n) is 9.97. The number of para-hydroxylation sites is 2. The first kappa shape index (κ1) is 19.3. The van der Waals surface area contributed by atoms with Gasteiger partial charge in [-0.1, -0.05) is 41.6 Å². The topological polar surface area (TPSA) is 93.2 Å². The number of hydrogen-bond donors (Lipinski definition) is 2. The maximum atomic E-state index is 12.1. The van der Waals surface area contributed by atoms with Gasteiger partial charge in [0.2, 0.25) is 5.82 Å². The lowest BCUT2D eigenvalue weighted by Crippen LogP contribution is -2.19. The van der Waals surface area contributed by atoms with Crippen LogP contribution in [0.25, 0.3) is 34.5 Å². The molecule has 0 radical (unpaired) electrons. The Kier molecular flexibility index (Phi) is 5.20. The molecular weight excluding hydrogens is 404 g/mol. The van der Waals surface area contributed by atoms with Gasteiger partial charge in [0.25, 0.3) is 5.89 Å². The van der Waals surface area contributed by atoms with Gasteiger partial charge in [-0.2, -0.15) is 4.98 Å². The predicted molar refractivity (Wildman–Crippen MR) is 124 cm³/mol. The Morgan fingerprint density at radius 3 is 2.31 bits per heavy atom. The molecule has 0 atom stereocenters. The predicted octanol–water partition coefficient (Wildman–Crippen LogP) is 6.30. The largest absolute Gasteiger partial charge is 0.457 e. The first-order valence-corrected chi connectivity index (χ1v) is 9.97. The van der Waals surface area contributed by atoms with Crippen molar-refractivity contribution in [1.29, 1.82) is 0 Å². The van der Waals surface area contributed by atoms with E-state index in [1.54, 1.807) is 24.3 Å². The molecule has 0 bridgehead atoms. The third-order valence-electron chi connectivity index (χ3n) is 4.71. The van der Waals surface area contributed by atoms with Gasteiger partial charge in [0, 0.05) is 28.4 Å². The van der Waals surface area contributed by atoms with Gasteiger partial charge in [-0.3, -0.25) is 0 Å². The van der Waals surface area contributed by atoms with Crippen LogP contribution in [0.15, 0.2) is 93.9 Å². The number of fused-ring (bicyclic) bond motifs is 1. The van der Waals surface area contributed by atoms with E-state index in [-0.39, 0.29) is 6.03 Å². The van der Waals surface area contributed by atoms with Crippen molar-refractivity contribution in [2.45, 2.75) is 0 Å². The molecule has 7 nitrogen and oxygen atoms in total. The Hall–Kier alpha value is -4.65. The van der Waals surface area contributed by atoms with E-state index < -0.39 is 0 Å². The summed E-state index contributed by atoms with van der Waals surface area (Å²) in [4.78, 5) is 16.5. The zero-order chi connectivity index (χ0) is 21.8. The van der Waals surface area contributed by atoms with Crippen molar-refractivity contribution >= 4 is 40.5 Å². The molecule has 0 aliphatic carbocycles. The van der Waals surface area contributed by atoms with Gasteiger partial charge < -0.3 is 19.6 Å². The molecule has 156 valence electrons. The standard InChI is InChI=1S/C25H18N4O3/c30-25(26-19-7-2-1-3-8-19)27-20-12-10-17(11-13-20)24-28-23(32-29-24)15-14-21-16-18-6-4-5-9-22(18)31-21/h1-16H,(H2,26,27,30)/b15-14+. The fourth-order valence-electron chi connectivity index (χ4n) is 3.18. The molecule has 7 heteroatoms. The van der Waals surface area contributed by atoms with Crippen LogP contribution < -0.4 is 10.6 Å².